The molecule has 1 aromatic rings. The molecule has 0 aliphatic heterocycles. The van der Waals surface area contributed by atoms with Gasteiger partial charge in [-0.05, 0) is 32.2 Å². The largest absolute Gasteiger partial charge is 0.393 e. The second kappa shape index (κ2) is 4.92. The van der Waals surface area contributed by atoms with Crippen LogP contribution in [0, 0.1) is 12.8 Å². The molecule has 86 valence electrons. The molecule has 15 heavy (non-hydrogen) atoms. The third-order valence-electron chi connectivity index (χ3n) is 2.85. The van der Waals surface area contributed by atoms with Crippen molar-refractivity contribution in [2.24, 2.45) is 11.7 Å². The van der Waals surface area contributed by atoms with Crippen molar-refractivity contribution < 1.29 is 9.63 Å². The van der Waals surface area contributed by atoms with Gasteiger partial charge in [0.15, 0.2) is 5.82 Å². The number of halogens is 1. The van der Waals surface area contributed by atoms with Crippen LogP contribution in [-0.2, 0) is 0 Å². The summed E-state index contributed by atoms with van der Waals surface area (Å²) in [6, 6.07) is 0. The smallest absolute Gasteiger partial charge is 0.229 e. The zero-order valence-electron chi connectivity index (χ0n) is 8.59. The van der Waals surface area contributed by atoms with Gasteiger partial charge in [-0.3, -0.25) is 0 Å². The van der Waals surface area contributed by atoms with Gasteiger partial charge in [0.25, 0.3) is 0 Å². The molecule has 0 radical (unpaired) electrons. The Morgan fingerprint density at radius 3 is 2.73 bits per heavy atom. The summed E-state index contributed by atoms with van der Waals surface area (Å²) in [4.78, 5) is 4.17. The molecule has 1 heterocycles. The highest BCUT2D eigenvalue weighted by Gasteiger charge is 2.35. The van der Waals surface area contributed by atoms with Gasteiger partial charge in [0, 0.05) is 5.92 Å². The van der Waals surface area contributed by atoms with Crippen molar-refractivity contribution in [2.75, 3.05) is 6.54 Å². The van der Waals surface area contributed by atoms with Crippen LogP contribution in [0.4, 0.5) is 0 Å². The van der Waals surface area contributed by atoms with Crippen LogP contribution in [-0.4, -0.2) is 27.9 Å². The average Bonchev–Trinajstić information content (AvgIpc) is 2.71. The fourth-order valence-electron chi connectivity index (χ4n) is 2.04. The molecule has 1 aliphatic carbocycles. The predicted octanol–water partition coefficient (Wildman–Crippen LogP) is 0.613. The molecule has 3 N–H and O–H groups in total. The fraction of sp³-hybridized carbons (Fsp3) is 0.778. The topological polar surface area (TPSA) is 85.2 Å². The van der Waals surface area contributed by atoms with Crippen LogP contribution in [0.25, 0.3) is 0 Å². The summed E-state index contributed by atoms with van der Waals surface area (Å²) in [5.41, 5.74) is 5.54. The Balaban J connectivity index is 0.00000112. The van der Waals surface area contributed by atoms with Crippen LogP contribution in [0.2, 0.25) is 0 Å². The lowest BCUT2D eigenvalue weighted by molar-refractivity contribution is 0.135. The number of aliphatic hydroxyl groups excluding tert-OH is 1. The lowest BCUT2D eigenvalue weighted by Crippen LogP contribution is -2.21. The Bertz CT molecular complexity index is 318. The van der Waals surface area contributed by atoms with Crippen LogP contribution in [0.1, 0.15) is 30.5 Å². The maximum atomic E-state index is 9.66. The normalized spacial score (nSPS) is 30.2. The van der Waals surface area contributed by atoms with Crippen molar-refractivity contribution >= 4 is 12.4 Å². The van der Waals surface area contributed by atoms with Crippen molar-refractivity contribution in [3.05, 3.63) is 11.7 Å². The first-order chi connectivity index (χ1) is 6.70. The number of hydrogen-bond donors (Lipinski definition) is 2. The van der Waals surface area contributed by atoms with Crippen LogP contribution in [0.3, 0.4) is 0 Å². The van der Waals surface area contributed by atoms with E-state index in [0.717, 1.165) is 6.42 Å². The van der Waals surface area contributed by atoms with E-state index < -0.39 is 0 Å². The Hall–Kier alpha value is -0.650. The molecule has 0 aromatic carbocycles. The minimum Gasteiger partial charge on any atom is -0.393 e. The van der Waals surface area contributed by atoms with Gasteiger partial charge in [-0.2, -0.15) is 4.98 Å². The minimum absolute atomic E-state index is 0. The first-order valence-corrected chi connectivity index (χ1v) is 4.89. The van der Waals surface area contributed by atoms with Crippen molar-refractivity contribution in [3.63, 3.8) is 0 Å². The average molecular weight is 234 g/mol. The molecule has 2 rings (SSSR count). The molecular weight excluding hydrogens is 218 g/mol. The standard InChI is InChI=1S/C9H15N3O2.ClH/c1-5-11-9(14-12-5)6-2-7(4-10)8(13)3-6;/h6-8,13H,2-4,10H2,1H3;1H/t6-,7+,8+;/m0./s1. The van der Waals surface area contributed by atoms with Crippen molar-refractivity contribution in [1.82, 2.24) is 10.1 Å². The fourth-order valence-corrected chi connectivity index (χ4v) is 2.04. The zero-order chi connectivity index (χ0) is 10.1. The van der Waals surface area contributed by atoms with Crippen LogP contribution in [0.15, 0.2) is 4.52 Å². The van der Waals surface area contributed by atoms with Crippen molar-refractivity contribution in [1.29, 1.82) is 0 Å². The van der Waals surface area contributed by atoms with Crippen LogP contribution in [0.5, 0.6) is 0 Å². The quantitative estimate of drug-likeness (QED) is 0.782. The number of hydrogen-bond acceptors (Lipinski definition) is 5. The van der Waals surface area contributed by atoms with E-state index in [0.29, 0.717) is 24.7 Å². The molecular formula is C9H16ClN3O2. The van der Waals surface area contributed by atoms with Gasteiger partial charge >= 0.3 is 0 Å². The molecule has 0 bridgehead atoms. The number of nitrogens with two attached hydrogens (primary N) is 1. The Kier molecular flexibility index (Phi) is 4.07. The number of aromatic nitrogens is 2. The summed E-state index contributed by atoms with van der Waals surface area (Å²) < 4.78 is 5.08. The second-order valence-electron chi connectivity index (χ2n) is 3.91. The van der Waals surface area contributed by atoms with Gasteiger partial charge < -0.3 is 15.4 Å². The van der Waals surface area contributed by atoms with E-state index in [1.165, 1.54) is 0 Å². The molecule has 1 fully saturated rings. The zero-order valence-corrected chi connectivity index (χ0v) is 9.41. The molecule has 0 unspecified atom stereocenters. The van der Waals surface area contributed by atoms with E-state index in [9.17, 15) is 5.11 Å². The monoisotopic (exact) mass is 233 g/mol. The molecule has 1 aliphatic rings. The highest BCUT2D eigenvalue weighted by Crippen LogP contribution is 2.37. The van der Waals surface area contributed by atoms with Gasteiger partial charge in [0.2, 0.25) is 5.89 Å². The van der Waals surface area contributed by atoms with Gasteiger partial charge in [0.1, 0.15) is 0 Å². The van der Waals surface area contributed by atoms with E-state index in [4.69, 9.17) is 10.3 Å². The van der Waals surface area contributed by atoms with Gasteiger partial charge in [-0.15, -0.1) is 12.4 Å². The maximum absolute atomic E-state index is 9.66. The molecule has 1 aromatic heterocycles. The second-order valence-corrected chi connectivity index (χ2v) is 3.91. The summed E-state index contributed by atoms with van der Waals surface area (Å²) in [7, 11) is 0. The predicted molar refractivity (Wildman–Crippen MR) is 56.8 cm³/mol. The summed E-state index contributed by atoms with van der Waals surface area (Å²) in [5.74, 6) is 1.63. The molecule has 1 saturated carbocycles. The molecule has 0 saturated heterocycles. The summed E-state index contributed by atoms with van der Waals surface area (Å²) in [5, 5.41) is 13.4. The number of aryl methyl sites for hydroxylation is 1. The molecule has 6 heteroatoms. The highest BCUT2D eigenvalue weighted by atomic mass is 35.5. The molecule has 0 spiro atoms. The van der Waals surface area contributed by atoms with Gasteiger partial charge in [0.05, 0.1) is 6.10 Å². The third-order valence-corrected chi connectivity index (χ3v) is 2.85. The van der Waals surface area contributed by atoms with E-state index in [1.807, 2.05) is 0 Å². The number of aliphatic hydroxyl groups is 1. The summed E-state index contributed by atoms with van der Waals surface area (Å²) >= 11 is 0. The lowest BCUT2D eigenvalue weighted by atomic mass is 10.0. The lowest BCUT2D eigenvalue weighted by Gasteiger charge is -2.09. The Labute approximate surface area is 94.5 Å². The van der Waals surface area contributed by atoms with Crippen molar-refractivity contribution in [3.8, 4) is 0 Å². The van der Waals surface area contributed by atoms with Gasteiger partial charge in [-0.1, -0.05) is 5.16 Å². The Morgan fingerprint density at radius 2 is 2.27 bits per heavy atom. The van der Waals surface area contributed by atoms with E-state index in [1.54, 1.807) is 6.92 Å². The first kappa shape index (κ1) is 12.4. The summed E-state index contributed by atoms with van der Waals surface area (Å²) in [6.07, 6.45) is 1.21. The SMILES string of the molecule is Cc1noc([C@H]2C[C@H](CN)[C@H](O)C2)n1.Cl. The van der Waals surface area contributed by atoms with Crippen molar-refractivity contribution in [2.45, 2.75) is 31.8 Å². The van der Waals surface area contributed by atoms with Crippen LogP contribution < -0.4 is 5.73 Å². The summed E-state index contributed by atoms with van der Waals surface area (Å²) in [6.45, 7) is 2.31. The first-order valence-electron chi connectivity index (χ1n) is 4.89. The van der Waals surface area contributed by atoms with E-state index in [2.05, 4.69) is 10.1 Å². The molecule has 5 nitrogen and oxygen atoms in total. The highest BCUT2D eigenvalue weighted by molar-refractivity contribution is 5.85. The van der Waals surface area contributed by atoms with E-state index >= 15 is 0 Å². The van der Waals surface area contributed by atoms with E-state index in [-0.39, 0.29) is 30.3 Å². The minimum atomic E-state index is -0.322. The molecule has 0 amide bonds. The van der Waals surface area contributed by atoms with Gasteiger partial charge in [-0.25, -0.2) is 0 Å². The molecule has 3 atom stereocenters. The third kappa shape index (κ3) is 2.48. The number of nitrogens with zero attached hydrogens (tertiary/aromatic N) is 2. The van der Waals surface area contributed by atoms with Crippen LogP contribution >= 0.6 is 12.4 Å². The number of rotatable bonds is 2. The Morgan fingerprint density at radius 1 is 1.53 bits per heavy atom. The maximum Gasteiger partial charge on any atom is 0.229 e.